The Labute approximate surface area is 174 Å². The monoisotopic (exact) mass is 399 g/mol. The number of hydrogen-bond donors (Lipinski definition) is 2. The lowest BCUT2D eigenvalue weighted by Crippen LogP contribution is -2.33. The summed E-state index contributed by atoms with van der Waals surface area (Å²) in [6, 6.07) is 15.6. The van der Waals surface area contributed by atoms with Crippen LogP contribution in [0.15, 0.2) is 59.5 Å². The van der Waals surface area contributed by atoms with Gasteiger partial charge in [-0.25, -0.2) is 0 Å². The van der Waals surface area contributed by atoms with Gasteiger partial charge in [0.25, 0.3) is 11.5 Å². The highest BCUT2D eigenvalue weighted by atomic mass is 16.2. The van der Waals surface area contributed by atoms with Gasteiger partial charge in [0.2, 0.25) is 0 Å². The topological polar surface area (TPSA) is 66.9 Å². The van der Waals surface area contributed by atoms with Crippen LogP contribution in [0.1, 0.15) is 60.4 Å². The minimum absolute atomic E-state index is 0.0244. The zero-order chi connectivity index (χ0) is 20.8. The third-order valence-corrected chi connectivity index (χ3v) is 6.17. The van der Waals surface area contributed by atoms with Crippen LogP contribution in [0.5, 0.6) is 0 Å². The summed E-state index contributed by atoms with van der Waals surface area (Å²) in [6.45, 7) is 3.91. The van der Waals surface area contributed by atoms with Crippen molar-refractivity contribution in [2.75, 3.05) is 0 Å². The van der Waals surface area contributed by atoms with Crippen LogP contribution in [0.3, 0.4) is 0 Å². The first-order valence-electron chi connectivity index (χ1n) is 10.6. The molecule has 5 rings (SSSR count). The van der Waals surface area contributed by atoms with Gasteiger partial charge in [0.15, 0.2) is 0 Å². The average molecular weight is 399 g/mol. The second-order valence-electron chi connectivity index (χ2n) is 8.38. The van der Waals surface area contributed by atoms with Crippen LogP contribution < -0.4 is 10.9 Å². The van der Waals surface area contributed by atoms with Crippen LogP contribution >= 0.6 is 0 Å². The number of rotatable bonds is 3. The van der Waals surface area contributed by atoms with E-state index >= 15 is 0 Å². The molecule has 1 aliphatic carbocycles. The van der Waals surface area contributed by atoms with Gasteiger partial charge < -0.3 is 14.9 Å². The van der Waals surface area contributed by atoms with E-state index in [-0.39, 0.29) is 23.6 Å². The number of nitrogens with one attached hydrogen (secondary N) is 2. The summed E-state index contributed by atoms with van der Waals surface area (Å²) in [5, 5.41) is 5.76. The third-order valence-electron chi connectivity index (χ3n) is 6.17. The molecule has 0 spiro atoms. The Kier molecular flexibility index (Phi) is 4.46. The van der Waals surface area contributed by atoms with E-state index in [1.165, 1.54) is 10.9 Å². The molecule has 1 amide bonds. The van der Waals surface area contributed by atoms with E-state index in [0.29, 0.717) is 16.3 Å². The van der Waals surface area contributed by atoms with Crippen LogP contribution in [-0.4, -0.2) is 15.5 Å². The minimum Gasteiger partial charge on any atom is -0.356 e. The normalized spacial score (nSPS) is 16.2. The van der Waals surface area contributed by atoms with Crippen LogP contribution in [0.2, 0.25) is 0 Å². The molecule has 1 unspecified atom stereocenters. The second kappa shape index (κ2) is 7.17. The summed E-state index contributed by atoms with van der Waals surface area (Å²) in [5.41, 5.74) is 4.01. The SMILES string of the molecule is CC(C)n1cc(C(=O)NC2CCCc3c2[nH]c2ccccc32)c2ccccc2c1=O. The van der Waals surface area contributed by atoms with Gasteiger partial charge >= 0.3 is 0 Å². The number of fused-ring (bicyclic) bond motifs is 4. The number of para-hydroxylation sites is 1. The molecule has 5 heteroatoms. The molecule has 1 aliphatic rings. The Morgan fingerprint density at radius 1 is 1.07 bits per heavy atom. The molecule has 152 valence electrons. The number of amides is 1. The fourth-order valence-corrected chi connectivity index (χ4v) is 4.67. The number of aromatic amines is 1. The zero-order valence-corrected chi connectivity index (χ0v) is 17.2. The van der Waals surface area contributed by atoms with Crippen molar-refractivity contribution < 1.29 is 4.79 Å². The van der Waals surface area contributed by atoms with Crippen LogP contribution in [0, 0.1) is 0 Å². The number of hydrogen-bond acceptors (Lipinski definition) is 2. The smallest absolute Gasteiger partial charge is 0.258 e. The van der Waals surface area contributed by atoms with E-state index in [9.17, 15) is 9.59 Å². The van der Waals surface area contributed by atoms with Gasteiger partial charge in [0, 0.05) is 39.6 Å². The van der Waals surface area contributed by atoms with Crippen molar-refractivity contribution >= 4 is 27.6 Å². The van der Waals surface area contributed by atoms with Crippen molar-refractivity contribution in [2.45, 2.75) is 45.2 Å². The first kappa shape index (κ1) is 18.7. The number of benzene rings is 2. The third kappa shape index (κ3) is 2.93. The highest BCUT2D eigenvalue weighted by molar-refractivity contribution is 6.06. The first-order chi connectivity index (χ1) is 14.5. The molecule has 2 aromatic heterocycles. The first-order valence-corrected chi connectivity index (χ1v) is 10.6. The summed E-state index contributed by atoms with van der Waals surface area (Å²) >= 11 is 0. The standard InChI is InChI=1S/C25H25N3O2/c1-15(2)28-14-20(16-8-3-4-10-19(16)25(28)30)24(29)27-22-13-7-11-18-17-9-5-6-12-21(17)26-23(18)22/h3-6,8-10,12,14-15,22,26H,7,11,13H2,1-2H3,(H,27,29). The van der Waals surface area contributed by atoms with E-state index in [1.807, 2.05) is 38.1 Å². The number of H-pyrrole nitrogens is 1. The molecule has 4 aromatic rings. The van der Waals surface area contributed by atoms with Crippen molar-refractivity contribution in [3.63, 3.8) is 0 Å². The predicted molar refractivity (Wildman–Crippen MR) is 120 cm³/mol. The van der Waals surface area contributed by atoms with Gasteiger partial charge in [-0.2, -0.15) is 0 Å². The van der Waals surface area contributed by atoms with E-state index in [0.717, 1.165) is 30.5 Å². The Bertz CT molecular complexity index is 1330. The number of carbonyl (C=O) groups excluding carboxylic acids is 1. The Balaban J connectivity index is 1.57. The summed E-state index contributed by atoms with van der Waals surface area (Å²) in [7, 11) is 0. The van der Waals surface area contributed by atoms with Crippen molar-refractivity contribution in [1.29, 1.82) is 0 Å². The Hall–Kier alpha value is -3.34. The van der Waals surface area contributed by atoms with E-state index in [4.69, 9.17) is 0 Å². The molecule has 1 atom stereocenters. The average Bonchev–Trinajstić information content (AvgIpc) is 3.14. The number of carbonyl (C=O) groups is 1. The largest absolute Gasteiger partial charge is 0.356 e. The van der Waals surface area contributed by atoms with Gasteiger partial charge in [0.05, 0.1) is 11.6 Å². The molecular formula is C25H25N3O2. The predicted octanol–water partition coefficient (Wildman–Crippen LogP) is 4.87. The highest BCUT2D eigenvalue weighted by Crippen LogP contribution is 2.35. The molecular weight excluding hydrogens is 374 g/mol. The maximum atomic E-state index is 13.4. The van der Waals surface area contributed by atoms with E-state index in [1.54, 1.807) is 16.8 Å². The highest BCUT2D eigenvalue weighted by Gasteiger charge is 2.26. The van der Waals surface area contributed by atoms with Gasteiger partial charge in [0.1, 0.15) is 0 Å². The maximum Gasteiger partial charge on any atom is 0.258 e. The van der Waals surface area contributed by atoms with Gasteiger partial charge in [-0.05, 0) is 50.8 Å². The molecule has 0 fully saturated rings. The van der Waals surface area contributed by atoms with Gasteiger partial charge in [-0.1, -0.05) is 36.4 Å². The zero-order valence-electron chi connectivity index (χ0n) is 17.2. The molecule has 0 radical (unpaired) electrons. The maximum absolute atomic E-state index is 13.4. The molecule has 2 aromatic carbocycles. The summed E-state index contributed by atoms with van der Waals surface area (Å²) in [4.78, 5) is 29.8. The molecule has 2 N–H and O–H groups in total. The summed E-state index contributed by atoms with van der Waals surface area (Å²) < 4.78 is 1.65. The summed E-state index contributed by atoms with van der Waals surface area (Å²) in [6.07, 6.45) is 4.66. The molecule has 0 saturated carbocycles. The molecule has 0 bridgehead atoms. The van der Waals surface area contributed by atoms with E-state index < -0.39 is 0 Å². The van der Waals surface area contributed by atoms with Crippen molar-refractivity contribution in [3.8, 4) is 0 Å². The second-order valence-corrected chi connectivity index (χ2v) is 8.38. The van der Waals surface area contributed by atoms with Crippen LogP contribution in [0.4, 0.5) is 0 Å². The van der Waals surface area contributed by atoms with Crippen LogP contribution in [-0.2, 0) is 6.42 Å². The van der Waals surface area contributed by atoms with Gasteiger partial charge in [-0.15, -0.1) is 0 Å². The molecule has 0 saturated heterocycles. The quantitative estimate of drug-likeness (QED) is 0.516. The lowest BCUT2D eigenvalue weighted by Gasteiger charge is -2.24. The fourth-order valence-electron chi connectivity index (χ4n) is 4.67. The molecule has 30 heavy (non-hydrogen) atoms. The summed E-state index contributed by atoms with van der Waals surface area (Å²) in [5.74, 6) is -0.142. The van der Waals surface area contributed by atoms with Crippen molar-refractivity contribution in [3.05, 3.63) is 81.9 Å². The molecule has 5 nitrogen and oxygen atoms in total. The Morgan fingerprint density at radius 2 is 1.77 bits per heavy atom. The number of aromatic nitrogens is 2. The van der Waals surface area contributed by atoms with Crippen molar-refractivity contribution in [2.24, 2.45) is 0 Å². The molecule has 0 aliphatic heterocycles. The van der Waals surface area contributed by atoms with Gasteiger partial charge in [-0.3, -0.25) is 9.59 Å². The number of aryl methyl sites for hydroxylation is 1. The fraction of sp³-hybridized carbons (Fsp3) is 0.280. The van der Waals surface area contributed by atoms with Crippen molar-refractivity contribution in [1.82, 2.24) is 14.9 Å². The number of nitrogens with zero attached hydrogens (tertiary/aromatic N) is 1. The number of pyridine rings is 1. The Morgan fingerprint density at radius 3 is 2.53 bits per heavy atom. The lowest BCUT2D eigenvalue weighted by atomic mass is 9.91. The lowest BCUT2D eigenvalue weighted by molar-refractivity contribution is 0.0932. The minimum atomic E-state index is -0.142. The van der Waals surface area contributed by atoms with Crippen LogP contribution in [0.25, 0.3) is 21.7 Å². The van der Waals surface area contributed by atoms with E-state index in [2.05, 4.69) is 28.5 Å². The molecule has 2 heterocycles.